The Bertz CT molecular complexity index is 1270. The van der Waals surface area contributed by atoms with E-state index in [1.807, 2.05) is 6.92 Å². The van der Waals surface area contributed by atoms with E-state index in [-0.39, 0.29) is 12.1 Å². The number of ether oxygens (including phenoxy) is 1. The van der Waals surface area contributed by atoms with Gasteiger partial charge in [0.05, 0.1) is 19.3 Å². The van der Waals surface area contributed by atoms with Crippen molar-refractivity contribution in [1.29, 1.82) is 0 Å². The lowest BCUT2D eigenvalue weighted by Gasteiger charge is -2.37. The molecule has 0 radical (unpaired) electrons. The Balaban J connectivity index is 1.48. The number of imidazole rings is 1. The number of hydrogen-bond donors (Lipinski definition) is 1. The van der Waals surface area contributed by atoms with E-state index < -0.39 is 11.2 Å². The molecule has 0 bridgehead atoms. The number of aromatic nitrogens is 4. The van der Waals surface area contributed by atoms with Gasteiger partial charge >= 0.3 is 5.16 Å². The molecule has 8 nitrogen and oxygen atoms in total. The predicted octanol–water partition coefficient (Wildman–Crippen LogP) is 5.96. The molecule has 1 unspecified atom stereocenters. The summed E-state index contributed by atoms with van der Waals surface area (Å²) in [6.07, 6.45) is 8.78. The highest BCUT2D eigenvalue weighted by molar-refractivity contribution is 7.91. The number of morpholine rings is 1. The van der Waals surface area contributed by atoms with E-state index in [4.69, 9.17) is 19.7 Å². The van der Waals surface area contributed by atoms with Gasteiger partial charge in [0.25, 0.3) is 0 Å². The fourth-order valence-electron chi connectivity index (χ4n) is 6.57. The second-order valence-electron chi connectivity index (χ2n) is 12.1. The molecule has 3 heterocycles. The molecular weight excluding hydrogens is 520 g/mol. The zero-order chi connectivity index (χ0) is 27.6. The van der Waals surface area contributed by atoms with Crippen molar-refractivity contribution in [2.75, 3.05) is 35.7 Å². The summed E-state index contributed by atoms with van der Waals surface area (Å²) in [5.74, 6) is 4.23. The molecule has 0 spiro atoms. The van der Waals surface area contributed by atoms with Gasteiger partial charge in [-0.2, -0.15) is 15.0 Å². The van der Waals surface area contributed by atoms with Gasteiger partial charge < -0.3 is 24.1 Å². The van der Waals surface area contributed by atoms with Crippen LogP contribution in [0.15, 0.2) is 35.5 Å². The van der Waals surface area contributed by atoms with E-state index in [0.29, 0.717) is 41.6 Å². The molecule has 3 aromatic rings. The molecule has 3 atom stereocenters. The molecule has 2 aromatic heterocycles. The first-order chi connectivity index (χ1) is 19.5. The average Bonchev–Trinajstić information content (AvgIpc) is 3.31. The SMILES string of the molecule is CC[S+]([O-])c1nc(N[C@H](C)C2CCC2)c2c(n1)nc(N1CCOC[C@H]1c1ccccc1)n2C[C@H]1CC[C@H](C)CC1. The monoisotopic (exact) mass is 564 g/mol. The second-order valence-corrected chi connectivity index (χ2v) is 13.8. The van der Waals surface area contributed by atoms with Gasteiger partial charge in [-0.25, -0.2) is 0 Å². The van der Waals surface area contributed by atoms with Crippen LogP contribution >= 0.6 is 0 Å². The summed E-state index contributed by atoms with van der Waals surface area (Å²) in [4.78, 5) is 17.4. The van der Waals surface area contributed by atoms with Crippen molar-refractivity contribution in [2.24, 2.45) is 17.8 Å². The topological polar surface area (TPSA) is 91.2 Å². The zero-order valence-electron chi connectivity index (χ0n) is 24.2. The number of hydrogen-bond acceptors (Lipinski definition) is 7. The lowest BCUT2D eigenvalue weighted by Crippen LogP contribution is -2.41. The minimum Gasteiger partial charge on any atom is -0.609 e. The van der Waals surface area contributed by atoms with Crippen LogP contribution in [0.2, 0.25) is 0 Å². The molecule has 216 valence electrons. The fraction of sp³-hybridized carbons (Fsp3) is 0.645. The first-order valence-electron chi connectivity index (χ1n) is 15.3. The summed E-state index contributed by atoms with van der Waals surface area (Å²) in [6.45, 7) is 9.48. The van der Waals surface area contributed by atoms with Crippen LogP contribution in [0.25, 0.3) is 11.2 Å². The number of anilines is 2. The van der Waals surface area contributed by atoms with Gasteiger partial charge in [-0.3, -0.25) is 0 Å². The minimum atomic E-state index is -1.26. The molecule has 1 saturated heterocycles. The van der Waals surface area contributed by atoms with Crippen LogP contribution in [-0.4, -0.2) is 55.6 Å². The molecule has 40 heavy (non-hydrogen) atoms. The lowest BCUT2D eigenvalue weighted by molar-refractivity contribution is 0.0927. The molecule has 1 N–H and O–H groups in total. The van der Waals surface area contributed by atoms with E-state index in [1.165, 1.54) is 50.5 Å². The quantitative estimate of drug-likeness (QED) is 0.253. The second kappa shape index (κ2) is 12.2. The summed E-state index contributed by atoms with van der Waals surface area (Å²) in [5.41, 5.74) is 2.82. The normalized spacial score (nSPS) is 25.5. The number of benzene rings is 1. The molecule has 1 aliphatic heterocycles. The Hall–Kier alpha value is -2.36. The van der Waals surface area contributed by atoms with Gasteiger partial charge in [-0.05, 0) is 62.8 Å². The highest BCUT2D eigenvalue weighted by Crippen LogP contribution is 2.38. The van der Waals surface area contributed by atoms with E-state index >= 15 is 0 Å². The molecule has 1 aromatic carbocycles. The third-order valence-electron chi connectivity index (χ3n) is 9.40. The van der Waals surface area contributed by atoms with Crippen LogP contribution in [0.3, 0.4) is 0 Å². The maximum absolute atomic E-state index is 13.0. The van der Waals surface area contributed by atoms with Crippen molar-refractivity contribution in [2.45, 2.75) is 89.5 Å². The van der Waals surface area contributed by atoms with E-state index in [2.05, 4.69) is 59.0 Å². The van der Waals surface area contributed by atoms with Gasteiger partial charge in [-0.1, -0.05) is 56.5 Å². The Morgan fingerprint density at radius 3 is 2.55 bits per heavy atom. The zero-order valence-corrected chi connectivity index (χ0v) is 25.0. The largest absolute Gasteiger partial charge is 0.609 e. The van der Waals surface area contributed by atoms with Gasteiger partial charge in [0.2, 0.25) is 5.95 Å². The molecule has 6 rings (SSSR count). The van der Waals surface area contributed by atoms with E-state index in [0.717, 1.165) is 36.3 Å². The van der Waals surface area contributed by atoms with Crippen molar-refractivity contribution < 1.29 is 9.29 Å². The third-order valence-corrected chi connectivity index (χ3v) is 10.5. The molecule has 2 saturated carbocycles. The number of nitrogens with zero attached hydrogens (tertiary/aromatic N) is 5. The number of rotatable bonds is 9. The standard InChI is InChI=1S/C31H44N6O2S/c1-4-40(38)30-33-28(32-22(3)24-11-8-12-24)27-29(34-30)35-31(37(27)19-23-15-13-21(2)14-16-23)36-17-18-39-20-26(36)25-9-6-5-7-10-25/h5-7,9-10,21-24,26H,4,8,11-20H2,1-3H3,(H,32,33,34)/t21-,22-,23-,26+,40?/m1/s1. The first kappa shape index (κ1) is 27.8. The van der Waals surface area contributed by atoms with E-state index in [1.54, 1.807) is 0 Å². The van der Waals surface area contributed by atoms with Crippen molar-refractivity contribution >= 4 is 34.1 Å². The molecule has 3 fully saturated rings. The average molecular weight is 565 g/mol. The Morgan fingerprint density at radius 2 is 1.85 bits per heavy atom. The maximum atomic E-state index is 13.0. The molecule has 2 aliphatic carbocycles. The van der Waals surface area contributed by atoms with Crippen molar-refractivity contribution in [1.82, 2.24) is 19.5 Å². The predicted molar refractivity (Wildman–Crippen MR) is 161 cm³/mol. The molecule has 3 aliphatic rings. The van der Waals surface area contributed by atoms with Crippen LogP contribution in [0.1, 0.15) is 77.3 Å². The van der Waals surface area contributed by atoms with Crippen molar-refractivity contribution in [3.05, 3.63) is 35.9 Å². The molecule has 0 amide bonds. The van der Waals surface area contributed by atoms with Gasteiger partial charge in [0.1, 0.15) is 11.3 Å². The summed E-state index contributed by atoms with van der Waals surface area (Å²) in [5, 5.41) is 4.14. The number of fused-ring (bicyclic) bond motifs is 1. The summed E-state index contributed by atoms with van der Waals surface area (Å²) in [7, 11) is 0. The Kier molecular flexibility index (Phi) is 8.51. The van der Waals surface area contributed by atoms with E-state index in [9.17, 15) is 4.55 Å². The van der Waals surface area contributed by atoms with Gasteiger partial charge in [-0.15, -0.1) is 0 Å². The Morgan fingerprint density at radius 1 is 1.07 bits per heavy atom. The summed E-state index contributed by atoms with van der Waals surface area (Å²) >= 11 is -1.26. The Labute approximate surface area is 241 Å². The highest BCUT2D eigenvalue weighted by atomic mass is 32.2. The summed E-state index contributed by atoms with van der Waals surface area (Å²) < 4.78 is 21.4. The van der Waals surface area contributed by atoms with Crippen LogP contribution in [0.4, 0.5) is 11.8 Å². The van der Waals surface area contributed by atoms with Crippen molar-refractivity contribution in [3.63, 3.8) is 0 Å². The third kappa shape index (κ3) is 5.70. The fourth-order valence-corrected chi connectivity index (χ4v) is 7.21. The van der Waals surface area contributed by atoms with Crippen LogP contribution in [-0.2, 0) is 22.5 Å². The first-order valence-corrected chi connectivity index (χ1v) is 16.7. The van der Waals surface area contributed by atoms with Gasteiger partial charge in [0, 0.05) is 30.3 Å². The van der Waals surface area contributed by atoms with Crippen LogP contribution < -0.4 is 10.2 Å². The lowest BCUT2D eigenvalue weighted by atomic mass is 9.80. The van der Waals surface area contributed by atoms with Gasteiger partial charge in [0.15, 0.2) is 11.5 Å². The minimum absolute atomic E-state index is 0.0689. The molecular formula is C31H44N6O2S. The van der Waals surface area contributed by atoms with Crippen LogP contribution in [0.5, 0.6) is 0 Å². The highest BCUT2D eigenvalue weighted by Gasteiger charge is 2.33. The number of nitrogens with one attached hydrogen (secondary N) is 1. The summed E-state index contributed by atoms with van der Waals surface area (Å²) in [6, 6.07) is 11.0. The smallest absolute Gasteiger partial charge is 0.346 e. The van der Waals surface area contributed by atoms with Crippen LogP contribution in [0, 0.1) is 17.8 Å². The maximum Gasteiger partial charge on any atom is 0.346 e. The van der Waals surface area contributed by atoms with Crippen molar-refractivity contribution in [3.8, 4) is 0 Å². The molecule has 9 heteroatoms.